The number of benzene rings is 4. The quantitative estimate of drug-likeness (QED) is 0.401. The fourth-order valence-corrected chi connectivity index (χ4v) is 27.9. The molecule has 0 amide bonds. The van der Waals surface area contributed by atoms with E-state index >= 15 is 0 Å². The summed E-state index contributed by atoms with van der Waals surface area (Å²) < 4.78 is 12.8. The van der Waals surface area contributed by atoms with E-state index in [1.807, 2.05) is 0 Å². The minimum absolute atomic E-state index is 0.843. The average molecular weight is 541 g/mol. The summed E-state index contributed by atoms with van der Waals surface area (Å²) >= 11 is 0. The molecule has 0 radical (unpaired) electrons. The van der Waals surface area contributed by atoms with Crippen LogP contribution in [0.3, 0.4) is 0 Å². The van der Waals surface area contributed by atoms with Crippen molar-refractivity contribution >= 4 is 57.5 Å². The van der Waals surface area contributed by atoms with Gasteiger partial charge in [0.05, 0.1) is 0 Å². The highest BCUT2D eigenvalue weighted by Gasteiger charge is 2.57. The fraction of sp³-hybridized carbons (Fsp3) is 0.143. The number of nitrogens with zero attached hydrogens (tertiary/aromatic N) is 3. The molecule has 1 aliphatic rings. The van der Waals surface area contributed by atoms with Gasteiger partial charge in [0.25, 0.3) is 0 Å². The van der Waals surface area contributed by atoms with E-state index in [1.165, 1.54) is 21.7 Å². The average Bonchev–Trinajstić information content (AvgIpc) is 2.93. The monoisotopic (exact) mass is 540 g/mol. The van der Waals surface area contributed by atoms with Crippen LogP contribution in [-0.4, -0.2) is 47.0 Å². The Morgan fingerprint density at radius 1 is 0.639 bits per heavy atom. The second-order valence-corrected chi connectivity index (χ2v) is 23.9. The van der Waals surface area contributed by atoms with Crippen LogP contribution in [-0.2, 0) is 0 Å². The van der Waals surface area contributed by atoms with Gasteiger partial charge < -0.3 is 17.3 Å². The molecular weight excluding hydrogens is 505 g/mol. The molecule has 0 aliphatic carbocycles. The Balaban J connectivity index is 1.95. The first-order valence-electron chi connectivity index (χ1n) is 12.7. The maximum atomic E-state index is 4.18. The summed E-state index contributed by atoms with van der Waals surface area (Å²) in [6.07, 6.45) is 0. The zero-order valence-electron chi connectivity index (χ0n) is 21.7. The molecule has 36 heavy (non-hydrogen) atoms. The topological polar surface area (TPSA) is 21.8 Å². The van der Waals surface area contributed by atoms with E-state index < -0.39 is 35.8 Å². The number of nitrogens with one attached hydrogen (secondary N) is 1. The van der Waals surface area contributed by atoms with E-state index in [9.17, 15) is 0 Å². The Kier molecular flexibility index (Phi) is 7.15. The third-order valence-corrected chi connectivity index (χ3v) is 27.4. The van der Waals surface area contributed by atoms with Crippen molar-refractivity contribution in [2.45, 2.75) is 19.6 Å². The van der Waals surface area contributed by atoms with E-state index in [4.69, 9.17) is 0 Å². The summed E-state index contributed by atoms with van der Waals surface area (Å²) in [6.45, 7) is 7.57. The van der Waals surface area contributed by atoms with Gasteiger partial charge in [0.1, 0.15) is 0 Å². The molecule has 8 heteroatoms. The molecule has 1 saturated heterocycles. The summed E-state index contributed by atoms with van der Waals surface area (Å²) in [5.74, 6) is 0. The van der Waals surface area contributed by atoms with Crippen molar-refractivity contribution in [2.24, 2.45) is 0 Å². The molecule has 1 atom stereocenters. The van der Waals surface area contributed by atoms with Gasteiger partial charge in [-0.3, -0.25) is 0 Å². The molecule has 1 fully saturated rings. The molecule has 0 aromatic heterocycles. The molecule has 4 aromatic rings. The minimum atomic E-state index is -2.76. The van der Waals surface area contributed by atoms with E-state index in [-0.39, 0.29) is 0 Å². The molecule has 184 valence electrons. The third-order valence-electron chi connectivity index (χ3n) is 7.69. The summed E-state index contributed by atoms with van der Waals surface area (Å²) in [7, 11) is -4.71. The van der Waals surface area contributed by atoms with Crippen molar-refractivity contribution < 1.29 is 0 Å². The lowest BCUT2D eigenvalue weighted by Crippen LogP contribution is -2.90. The SMILES string of the molecule is CN1[SiH](C)N[SiH2]N(c2ccccc2)[Si](c2ccccc2)(c2ccccc2)N(c2ccccc2)[Si]1(C)C. The maximum absolute atomic E-state index is 4.18. The van der Waals surface area contributed by atoms with Crippen molar-refractivity contribution in [1.82, 2.24) is 8.88 Å². The molecule has 0 saturated carbocycles. The predicted molar refractivity (Wildman–Crippen MR) is 166 cm³/mol. The van der Waals surface area contributed by atoms with Crippen molar-refractivity contribution in [3.05, 3.63) is 121 Å². The number of para-hydroxylation sites is 2. The zero-order chi connectivity index (χ0) is 25.2. The number of hydrogen-bond acceptors (Lipinski definition) is 4. The molecule has 0 bridgehead atoms. The van der Waals surface area contributed by atoms with Gasteiger partial charge in [-0.1, -0.05) is 97.1 Å². The van der Waals surface area contributed by atoms with Gasteiger partial charge in [0, 0.05) is 11.4 Å². The van der Waals surface area contributed by atoms with Crippen LogP contribution in [0.5, 0.6) is 0 Å². The Labute approximate surface area is 222 Å². The lowest BCUT2D eigenvalue weighted by molar-refractivity contribution is 0.755. The van der Waals surface area contributed by atoms with Crippen LogP contribution in [0, 0.1) is 0 Å². The van der Waals surface area contributed by atoms with Crippen LogP contribution < -0.4 is 23.5 Å². The Bertz CT molecular complexity index is 1220. The first-order valence-corrected chi connectivity index (χ1v) is 21.1. The maximum Gasteiger partial charge on any atom is 0.316 e. The Morgan fingerprint density at radius 2 is 1.06 bits per heavy atom. The summed E-state index contributed by atoms with van der Waals surface area (Å²) in [4.78, 5) is 0. The van der Waals surface area contributed by atoms with Gasteiger partial charge in [0.15, 0.2) is 19.0 Å². The highest BCUT2D eigenvalue weighted by molar-refractivity contribution is 7.19. The largest absolute Gasteiger partial charge is 0.395 e. The number of hydrogen-bond donors (Lipinski definition) is 1. The van der Waals surface area contributed by atoms with Crippen LogP contribution >= 0.6 is 0 Å². The van der Waals surface area contributed by atoms with Gasteiger partial charge in [0.2, 0.25) is 8.40 Å². The molecule has 4 aromatic carbocycles. The van der Waals surface area contributed by atoms with Crippen molar-refractivity contribution in [2.75, 3.05) is 15.5 Å². The van der Waals surface area contributed by atoms with E-state index in [0.717, 1.165) is 0 Å². The summed E-state index contributed by atoms with van der Waals surface area (Å²) in [6, 6.07) is 45.1. The lowest BCUT2D eigenvalue weighted by Gasteiger charge is -2.61. The molecule has 1 aliphatic heterocycles. The van der Waals surface area contributed by atoms with Crippen LogP contribution in [0.25, 0.3) is 0 Å². The van der Waals surface area contributed by atoms with E-state index in [2.05, 4.69) is 165 Å². The molecule has 1 heterocycles. The van der Waals surface area contributed by atoms with Gasteiger partial charge in [-0.2, -0.15) is 0 Å². The second-order valence-electron chi connectivity index (χ2n) is 9.98. The Morgan fingerprint density at radius 3 is 1.53 bits per heavy atom. The minimum Gasteiger partial charge on any atom is -0.395 e. The van der Waals surface area contributed by atoms with Crippen LogP contribution in [0.15, 0.2) is 121 Å². The van der Waals surface area contributed by atoms with Crippen molar-refractivity contribution in [3.8, 4) is 0 Å². The second kappa shape index (κ2) is 10.3. The van der Waals surface area contributed by atoms with Gasteiger partial charge >= 0.3 is 8.40 Å². The predicted octanol–water partition coefficient (Wildman–Crippen LogP) is 3.34. The number of rotatable bonds is 4. The smallest absolute Gasteiger partial charge is 0.316 e. The molecular formula is C28H36N4Si4. The fourth-order valence-electron chi connectivity index (χ4n) is 5.67. The van der Waals surface area contributed by atoms with Gasteiger partial charge in [-0.25, -0.2) is 0 Å². The summed E-state index contributed by atoms with van der Waals surface area (Å²) in [5, 5.41) is 2.87. The van der Waals surface area contributed by atoms with E-state index in [1.54, 1.807) is 0 Å². The highest BCUT2D eigenvalue weighted by Crippen LogP contribution is 2.34. The van der Waals surface area contributed by atoms with Gasteiger partial charge in [-0.05, 0) is 61.3 Å². The van der Waals surface area contributed by atoms with Gasteiger partial charge in [-0.15, -0.1) is 0 Å². The molecule has 1 N–H and O–H groups in total. The lowest BCUT2D eigenvalue weighted by atomic mass is 10.3. The van der Waals surface area contributed by atoms with Crippen molar-refractivity contribution in [3.63, 3.8) is 0 Å². The normalized spacial score (nSPS) is 20.6. The molecule has 4 nitrogen and oxygen atoms in total. The first-order chi connectivity index (χ1) is 17.5. The number of anilines is 2. The summed E-state index contributed by atoms with van der Waals surface area (Å²) in [5.41, 5.74) is 2.66. The highest BCUT2D eigenvalue weighted by atomic mass is 28.5. The first kappa shape index (κ1) is 24.9. The standard InChI is InChI=1S/C28H36N4Si4/c1-30-34(2)29-33-31(25-17-9-5-10-18-25)36(27-21-13-7-14-22-27,28-23-15-8-16-24-28)32(35(30,3)4)26-19-11-6-12-20-26/h5-24,29,34H,33H2,1-4H3. The van der Waals surface area contributed by atoms with Crippen molar-refractivity contribution in [1.29, 1.82) is 0 Å². The third kappa shape index (κ3) is 4.23. The Hall–Kier alpha value is -2.73. The van der Waals surface area contributed by atoms with E-state index in [0.29, 0.717) is 0 Å². The molecule has 1 unspecified atom stereocenters. The molecule has 5 rings (SSSR count). The van der Waals surface area contributed by atoms with Crippen LogP contribution in [0.2, 0.25) is 19.6 Å². The molecule has 0 spiro atoms. The van der Waals surface area contributed by atoms with Crippen LogP contribution in [0.1, 0.15) is 0 Å². The zero-order valence-corrected chi connectivity index (χ0v) is 26.2. The van der Waals surface area contributed by atoms with Crippen LogP contribution in [0.4, 0.5) is 11.4 Å².